The number of carboxylic acid groups (broad SMARTS) is 1. The van der Waals surface area contributed by atoms with Crippen LogP contribution in [-0.4, -0.2) is 49.8 Å². The fourth-order valence-corrected chi connectivity index (χ4v) is 4.23. The lowest BCUT2D eigenvalue weighted by Crippen LogP contribution is -2.55. The van der Waals surface area contributed by atoms with E-state index in [0.717, 1.165) is 4.60 Å². The van der Waals surface area contributed by atoms with Crippen LogP contribution in [0.1, 0.15) is 46.1 Å². The maximum absolute atomic E-state index is 11.7. The standard InChI is InChI=1S/C19H26BrN3O4/c1-5-27-13-8-16-21-10-15(20)23(16)11-12(13)19(26)6-7-22(17(24)25)14(9-19)18(2,3)4/h8,10-11,14,26H,5-7,9H2,1-4H3,(H,24,25). The molecule has 1 aliphatic rings. The van der Waals surface area contributed by atoms with Gasteiger partial charge in [-0.25, -0.2) is 9.78 Å². The Hall–Kier alpha value is -1.80. The van der Waals surface area contributed by atoms with Crippen LogP contribution in [0.4, 0.5) is 4.79 Å². The SMILES string of the molecule is CCOc1cc2ncc(Br)n2cc1C1(O)CCN(C(=O)O)C(C(C)(C)C)C1. The summed E-state index contributed by atoms with van der Waals surface area (Å²) in [6.45, 7) is 8.62. The van der Waals surface area contributed by atoms with E-state index in [1.807, 2.05) is 44.4 Å². The number of rotatable bonds is 3. The minimum absolute atomic E-state index is 0.266. The van der Waals surface area contributed by atoms with Crippen LogP contribution < -0.4 is 4.74 Å². The number of fused-ring (bicyclic) bond motifs is 1. The number of likely N-dealkylation sites (tertiary alicyclic amines) is 1. The molecule has 7 nitrogen and oxygen atoms in total. The second-order valence-corrected chi connectivity index (χ2v) is 8.95. The molecule has 0 saturated carbocycles. The smallest absolute Gasteiger partial charge is 0.407 e. The van der Waals surface area contributed by atoms with Crippen LogP contribution in [0.5, 0.6) is 5.75 Å². The zero-order chi connectivity index (χ0) is 20.0. The average molecular weight is 440 g/mol. The molecule has 1 saturated heterocycles. The van der Waals surface area contributed by atoms with Crippen LogP contribution in [0.15, 0.2) is 23.1 Å². The van der Waals surface area contributed by atoms with Crippen molar-refractivity contribution in [1.82, 2.24) is 14.3 Å². The summed E-state index contributed by atoms with van der Waals surface area (Å²) in [7, 11) is 0. The highest BCUT2D eigenvalue weighted by Gasteiger charge is 2.47. The number of hydrogen-bond donors (Lipinski definition) is 2. The summed E-state index contributed by atoms with van der Waals surface area (Å²) in [6, 6.07) is 1.50. The predicted molar refractivity (Wildman–Crippen MR) is 105 cm³/mol. The zero-order valence-corrected chi connectivity index (χ0v) is 17.7. The monoisotopic (exact) mass is 439 g/mol. The van der Waals surface area contributed by atoms with Crippen molar-refractivity contribution in [3.8, 4) is 5.75 Å². The molecule has 3 rings (SSSR count). The Morgan fingerprint density at radius 1 is 1.48 bits per heavy atom. The molecule has 2 N–H and O–H groups in total. The maximum atomic E-state index is 11.7. The molecular formula is C19H26BrN3O4. The second-order valence-electron chi connectivity index (χ2n) is 8.14. The van der Waals surface area contributed by atoms with E-state index in [2.05, 4.69) is 20.9 Å². The summed E-state index contributed by atoms with van der Waals surface area (Å²) >= 11 is 3.47. The minimum atomic E-state index is -1.19. The Morgan fingerprint density at radius 2 is 2.19 bits per heavy atom. The molecule has 1 amide bonds. The van der Waals surface area contributed by atoms with Gasteiger partial charge in [-0.05, 0) is 34.7 Å². The molecule has 148 valence electrons. The Bertz CT molecular complexity index is 860. The van der Waals surface area contributed by atoms with Gasteiger partial charge in [-0.3, -0.25) is 4.40 Å². The Balaban J connectivity index is 2.09. The third-order valence-corrected chi connectivity index (χ3v) is 5.87. The van der Waals surface area contributed by atoms with Gasteiger partial charge in [-0.1, -0.05) is 20.8 Å². The van der Waals surface area contributed by atoms with Gasteiger partial charge in [-0.2, -0.15) is 0 Å². The maximum Gasteiger partial charge on any atom is 0.407 e. The number of pyridine rings is 1. The number of hydrogen-bond acceptors (Lipinski definition) is 4. The van der Waals surface area contributed by atoms with Crippen molar-refractivity contribution in [1.29, 1.82) is 0 Å². The average Bonchev–Trinajstić information content (AvgIpc) is 2.94. The normalized spacial score (nSPS) is 23.6. The van der Waals surface area contributed by atoms with Crippen molar-refractivity contribution in [2.75, 3.05) is 13.2 Å². The van der Waals surface area contributed by atoms with E-state index in [-0.39, 0.29) is 18.0 Å². The number of amides is 1. The first-order valence-corrected chi connectivity index (χ1v) is 9.88. The van der Waals surface area contributed by atoms with Crippen molar-refractivity contribution < 1.29 is 19.7 Å². The van der Waals surface area contributed by atoms with E-state index in [1.54, 1.807) is 6.20 Å². The van der Waals surface area contributed by atoms with Gasteiger partial charge >= 0.3 is 6.09 Å². The highest BCUT2D eigenvalue weighted by Crippen LogP contribution is 2.45. The van der Waals surface area contributed by atoms with Crippen molar-refractivity contribution in [2.24, 2.45) is 5.41 Å². The molecule has 0 bridgehead atoms. The molecule has 8 heteroatoms. The van der Waals surface area contributed by atoms with Gasteiger partial charge in [0.2, 0.25) is 0 Å². The first kappa shape index (κ1) is 19.9. The summed E-state index contributed by atoms with van der Waals surface area (Å²) in [5, 5.41) is 21.2. The predicted octanol–water partition coefficient (Wildman–Crippen LogP) is 3.87. The lowest BCUT2D eigenvalue weighted by atomic mass is 9.73. The van der Waals surface area contributed by atoms with Crippen LogP contribution in [0, 0.1) is 5.41 Å². The molecule has 0 aromatic carbocycles. The van der Waals surface area contributed by atoms with Crippen molar-refractivity contribution >= 4 is 27.7 Å². The topological polar surface area (TPSA) is 87.3 Å². The van der Waals surface area contributed by atoms with Crippen LogP contribution in [0.25, 0.3) is 5.65 Å². The van der Waals surface area contributed by atoms with Gasteiger partial charge in [0.15, 0.2) is 0 Å². The minimum Gasteiger partial charge on any atom is -0.493 e. The van der Waals surface area contributed by atoms with Gasteiger partial charge in [0.25, 0.3) is 0 Å². The van der Waals surface area contributed by atoms with E-state index in [0.29, 0.717) is 36.4 Å². The van der Waals surface area contributed by atoms with Gasteiger partial charge in [0, 0.05) is 36.8 Å². The number of piperidine rings is 1. The summed E-state index contributed by atoms with van der Waals surface area (Å²) in [6.07, 6.45) is 3.21. The molecule has 1 aliphatic heterocycles. The highest BCUT2D eigenvalue weighted by molar-refractivity contribution is 9.10. The first-order valence-electron chi connectivity index (χ1n) is 9.08. The van der Waals surface area contributed by atoms with Gasteiger partial charge in [0.05, 0.1) is 18.4 Å². The van der Waals surface area contributed by atoms with Crippen molar-refractivity contribution in [2.45, 2.75) is 52.2 Å². The van der Waals surface area contributed by atoms with E-state index >= 15 is 0 Å². The summed E-state index contributed by atoms with van der Waals surface area (Å²) in [5.41, 5.74) is -0.118. The van der Waals surface area contributed by atoms with Crippen LogP contribution >= 0.6 is 15.9 Å². The molecule has 2 atom stereocenters. The van der Waals surface area contributed by atoms with E-state index in [9.17, 15) is 15.0 Å². The molecule has 1 fully saturated rings. The Morgan fingerprint density at radius 3 is 2.78 bits per heavy atom. The van der Waals surface area contributed by atoms with Gasteiger partial charge < -0.3 is 19.8 Å². The summed E-state index contributed by atoms with van der Waals surface area (Å²) < 4.78 is 8.44. The number of halogens is 1. The third-order valence-electron chi connectivity index (χ3n) is 5.28. The Labute approximate surface area is 167 Å². The molecule has 3 heterocycles. The van der Waals surface area contributed by atoms with E-state index < -0.39 is 11.7 Å². The molecule has 0 radical (unpaired) electrons. The largest absolute Gasteiger partial charge is 0.493 e. The van der Waals surface area contributed by atoms with Crippen LogP contribution in [0.2, 0.25) is 0 Å². The number of nitrogens with zero attached hydrogens (tertiary/aromatic N) is 3. The van der Waals surface area contributed by atoms with Gasteiger partial charge in [-0.15, -0.1) is 0 Å². The number of carbonyl (C=O) groups is 1. The fourth-order valence-electron chi connectivity index (χ4n) is 3.84. The molecule has 2 aromatic rings. The van der Waals surface area contributed by atoms with Crippen molar-refractivity contribution in [3.63, 3.8) is 0 Å². The van der Waals surface area contributed by atoms with Crippen LogP contribution in [-0.2, 0) is 5.60 Å². The summed E-state index contributed by atoms with van der Waals surface area (Å²) in [5.74, 6) is 0.585. The van der Waals surface area contributed by atoms with E-state index in [1.165, 1.54) is 4.90 Å². The third kappa shape index (κ3) is 3.65. The second kappa shape index (κ2) is 6.98. The fraction of sp³-hybridized carbons (Fsp3) is 0.579. The number of aromatic nitrogens is 2. The molecule has 27 heavy (non-hydrogen) atoms. The molecule has 2 aromatic heterocycles. The van der Waals surface area contributed by atoms with E-state index in [4.69, 9.17) is 4.74 Å². The zero-order valence-electron chi connectivity index (χ0n) is 16.1. The van der Waals surface area contributed by atoms with Gasteiger partial charge in [0.1, 0.15) is 16.0 Å². The molecule has 2 unspecified atom stereocenters. The molecule has 0 spiro atoms. The highest BCUT2D eigenvalue weighted by atomic mass is 79.9. The number of aliphatic hydroxyl groups is 1. The summed E-state index contributed by atoms with van der Waals surface area (Å²) in [4.78, 5) is 17.5. The Kier molecular flexibility index (Phi) is 5.16. The lowest BCUT2D eigenvalue weighted by Gasteiger charge is -2.48. The van der Waals surface area contributed by atoms with Crippen LogP contribution in [0.3, 0.4) is 0 Å². The molecule has 0 aliphatic carbocycles. The molecular weight excluding hydrogens is 414 g/mol. The lowest BCUT2D eigenvalue weighted by molar-refractivity contribution is -0.0700. The van der Waals surface area contributed by atoms with Crippen molar-refractivity contribution in [3.05, 3.63) is 28.6 Å². The number of ether oxygens (including phenoxy) is 1. The quantitative estimate of drug-likeness (QED) is 0.757. The first-order chi connectivity index (χ1) is 12.6. The number of imidazole rings is 1.